The Morgan fingerprint density at radius 3 is 2.83 bits per heavy atom. The second kappa shape index (κ2) is 7.76. The van der Waals surface area contributed by atoms with Gasteiger partial charge < -0.3 is 15.2 Å². The van der Waals surface area contributed by atoms with Crippen LogP contribution < -0.4 is 21.9 Å². The third-order valence-corrected chi connectivity index (χ3v) is 5.59. The summed E-state index contributed by atoms with van der Waals surface area (Å²) >= 11 is 0. The molecule has 1 atom stereocenters. The third-order valence-electron chi connectivity index (χ3n) is 5.59. The molecule has 4 rings (SSSR count). The average Bonchev–Trinajstić information content (AvgIpc) is 3.15. The molecule has 0 aliphatic carbocycles. The van der Waals surface area contributed by atoms with Crippen molar-refractivity contribution < 1.29 is 0 Å². The minimum Gasteiger partial charge on any atom is -0.341 e. The van der Waals surface area contributed by atoms with Gasteiger partial charge >= 0.3 is 5.69 Å². The Bertz CT molecular complexity index is 1260. The Balaban J connectivity index is 1.91. The zero-order valence-electron chi connectivity index (χ0n) is 17.1. The van der Waals surface area contributed by atoms with Crippen LogP contribution in [-0.2, 0) is 20.1 Å². The minimum atomic E-state index is -0.496. The van der Waals surface area contributed by atoms with Crippen LogP contribution in [0.4, 0.5) is 5.95 Å². The predicted molar refractivity (Wildman–Crippen MR) is 112 cm³/mol. The van der Waals surface area contributed by atoms with E-state index in [0.29, 0.717) is 41.5 Å². The highest BCUT2D eigenvalue weighted by atomic mass is 16.2. The smallest absolute Gasteiger partial charge is 0.332 e. The molecule has 3 aromatic rings. The van der Waals surface area contributed by atoms with Crippen molar-refractivity contribution in [3.63, 3.8) is 0 Å². The summed E-state index contributed by atoms with van der Waals surface area (Å²) in [5.41, 5.74) is 6.62. The fraction of sp³-hybridized carbons (Fsp3) is 0.450. The second-order valence-electron chi connectivity index (χ2n) is 7.52. The zero-order chi connectivity index (χ0) is 21.4. The number of nitrogens with two attached hydrogens (primary N) is 1. The van der Waals surface area contributed by atoms with E-state index in [1.54, 1.807) is 19.2 Å². The van der Waals surface area contributed by atoms with Crippen LogP contribution >= 0.6 is 0 Å². The summed E-state index contributed by atoms with van der Waals surface area (Å²) < 4.78 is 4.34. The molecule has 4 heterocycles. The van der Waals surface area contributed by atoms with Crippen LogP contribution in [0.2, 0.25) is 0 Å². The summed E-state index contributed by atoms with van der Waals surface area (Å²) in [6.07, 6.45) is 3.45. The lowest BCUT2D eigenvalue weighted by atomic mass is 10.1. The van der Waals surface area contributed by atoms with Crippen LogP contribution in [0.15, 0.2) is 27.9 Å². The van der Waals surface area contributed by atoms with Crippen LogP contribution in [0, 0.1) is 11.3 Å². The highest BCUT2D eigenvalue weighted by Gasteiger charge is 2.26. The number of hydrogen-bond acceptors (Lipinski definition) is 7. The first kappa shape index (κ1) is 19.8. The number of piperidine rings is 1. The van der Waals surface area contributed by atoms with Gasteiger partial charge in [-0.2, -0.15) is 10.2 Å². The first-order chi connectivity index (χ1) is 14.5. The fourth-order valence-corrected chi connectivity index (χ4v) is 4.05. The van der Waals surface area contributed by atoms with Crippen molar-refractivity contribution in [2.45, 2.75) is 38.9 Å². The number of aromatic nitrogens is 5. The van der Waals surface area contributed by atoms with Crippen molar-refractivity contribution >= 4 is 17.1 Å². The average molecular weight is 408 g/mol. The van der Waals surface area contributed by atoms with Gasteiger partial charge in [0.05, 0.1) is 17.8 Å². The molecule has 3 aromatic heterocycles. The first-order valence-electron chi connectivity index (χ1n) is 10.0. The molecule has 0 radical (unpaired) electrons. The van der Waals surface area contributed by atoms with Gasteiger partial charge in [-0.05, 0) is 31.9 Å². The maximum atomic E-state index is 13.4. The Hall–Kier alpha value is -3.45. The number of nitrogens with zero attached hydrogens (tertiary/aromatic N) is 7. The highest BCUT2D eigenvalue weighted by Crippen LogP contribution is 2.22. The van der Waals surface area contributed by atoms with Crippen LogP contribution in [-0.4, -0.2) is 42.8 Å². The van der Waals surface area contributed by atoms with Gasteiger partial charge in [0.2, 0.25) is 5.95 Å². The topological polar surface area (TPSA) is 128 Å². The lowest BCUT2D eigenvalue weighted by Crippen LogP contribution is -2.44. The third kappa shape index (κ3) is 3.17. The molecule has 1 unspecified atom stereocenters. The first-order valence-corrected chi connectivity index (χ1v) is 10.0. The van der Waals surface area contributed by atoms with E-state index in [2.05, 4.69) is 20.9 Å². The van der Waals surface area contributed by atoms with Crippen molar-refractivity contribution in [1.82, 2.24) is 23.7 Å². The molecule has 0 bridgehead atoms. The van der Waals surface area contributed by atoms with Crippen molar-refractivity contribution in [3.8, 4) is 6.07 Å². The molecule has 1 aliphatic rings. The molecule has 30 heavy (non-hydrogen) atoms. The Morgan fingerprint density at radius 1 is 1.33 bits per heavy atom. The Kier molecular flexibility index (Phi) is 5.13. The number of fused-ring (bicyclic) bond motifs is 1. The van der Waals surface area contributed by atoms with Crippen molar-refractivity contribution in [3.05, 3.63) is 50.4 Å². The number of nitriles is 1. The molecular weight excluding hydrogens is 384 g/mol. The van der Waals surface area contributed by atoms with Gasteiger partial charge in [0.15, 0.2) is 11.2 Å². The molecule has 0 saturated carbocycles. The van der Waals surface area contributed by atoms with Gasteiger partial charge in [0.25, 0.3) is 5.56 Å². The summed E-state index contributed by atoms with van der Waals surface area (Å²) in [6, 6.07) is 5.37. The van der Waals surface area contributed by atoms with Crippen molar-refractivity contribution in [2.24, 2.45) is 12.8 Å². The van der Waals surface area contributed by atoms with E-state index in [-0.39, 0.29) is 12.6 Å². The van der Waals surface area contributed by atoms with Gasteiger partial charge in [0.1, 0.15) is 6.07 Å². The lowest BCUT2D eigenvalue weighted by Gasteiger charge is -2.31. The van der Waals surface area contributed by atoms with E-state index in [1.165, 1.54) is 10.8 Å². The summed E-state index contributed by atoms with van der Waals surface area (Å²) in [4.78, 5) is 37.3. The molecule has 1 aliphatic heterocycles. The number of pyridine rings is 1. The normalized spacial score (nSPS) is 16.7. The van der Waals surface area contributed by atoms with Crippen LogP contribution in [0.25, 0.3) is 11.2 Å². The molecule has 1 saturated heterocycles. The van der Waals surface area contributed by atoms with Crippen LogP contribution in [0.3, 0.4) is 0 Å². The number of hydrogen-bond donors (Lipinski definition) is 1. The van der Waals surface area contributed by atoms with E-state index >= 15 is 0 Å². The van der Waals surface area contributed by atoms with E-state index in [9.17, 15) is 14.9 Å². The largest absolute Gasteiger partial charge is 0.341 e. The monoisotopic (exact) mass is 408 g/mol. The molecular formula is C20H24N8O2. The van der Waals surface area contributed by atoms with Crippen molar-refractivity contribution in [2.75, 3.05) is 18.0 Å². The van der Waals surface area contributed by atoms with E-state index in [0.717, 1.165) is 24.0 Å². The van der Waals surface area contributed by atoms with Gasteiger partial charge in [-0.3, -0.25) is 18.9 Å². The fourth-order valence-electron chi connectivity index (χ4n) is 4.05. The van der Waals surface area contributed by atoms with Gasteiger partial charge in [-0.15, -0.1) is 0 Å². The molecule has 0 amide bonds. The maximum Gasteiger partial charge on any atom is 0.332 e. The quantitative estimate of drug-likeness (QED) is 0.651. The Morgan fingerprint density at radius 2 is 2.13 bits per heavy atom. The van der Waals surface area contributed by atoms with E-state index in [4.69, 9.17) is 5.73 Å². The number of rotatable bonds is 4. The minimum absolute atomic E-state index is 0.0536. The standard InChI is InChI=1S/C20H24N8O2/c1-3-27-16-17(24-19(27)26-9-5-7-14(22)11-26)25(2)20(30)28(18(16)29)12-15-13(10-21)6-4-8-23-15/h4,6,8,14H,3,5,7,9,11-12,22H2,1-2H3. The van der Waals surface area contributed by atoms with Gasteiger partial charge in [-0.1, -0.05) is 0 Å². The second-order valence-corrected chi connectivity index (χ2v) is 7.52. The highest BCUT2D eigenvalue weighted by molar-refractivity contribution is 5.74. The SMILES string of the molecule is CCn1c(N2CCCC(N)C2)nc2c1c(=O)n(Cc1ncccc1C#N)c(=O)n2C. The number of imidazole rings is 1. The molecule has 156 valence electrons. The molecule has 10 nitrogen and oxygen atoms in total. The summed E-state index contributed by atoms with van der Waals surface area (Å²) in [5, 5.41) is 9.32. The summed E-state index contributed by atoms with van der Waals surface area (Å²) in [6.45, 7) is 3.85. The van der Waals surface area contributed by atoms with Crippen molar-refractivity contribution in [1.29, 1.82) is 5.26 Å². The molecule has 2 N–H and O–H groups in total. The maximum absolute atomic E-state index is 13.4. The van der Waals surface area contributed by atoms with Crippen LogP contribution in [0.5, 0.6) is 0 Å². The van der Waals surface area contributed by atoms with Crippen LogP contribution in [0.1, 0.15) is 31.0 Å². The van der Waals surface area contributed by atoms with E-state index < -0.39 is 11.2 Å². The summed E-state index contributed by atoms with van der Waals surface area (Å²) in [5.74, 6) is 0.656. The number of anilines is 1. The Labute approximate surface area is 172 Å². The van der Waals surface area contributed by atoms with E-state index in [1.807, 2.05) is 11.5 Å². The molecule has 1 fully saturated rings. The van der Waals surface area contributed by atoms with Gasteiger partial charge in [-0.25, -0.2) is 4.79 Å². The predicted octanol–water partition coefficient (Wildman–Crippen LogP) is 0.159. The molecule has 0 spiro atoms. The molecule has 0 aromatic carbocycles. The zero-order valence-corrected chi connectivity index (χ0v) is 17.1. The van der Waals surface area contributed by atoms with Gasteiger partial charge in [0, 0.05) is 38.9 Å². The summed E-state index contributed by atoms with van der Waals surface area (Å²) in [7, 11) is 1.60. The lowest BCUT2D eigenvalue weighted by molar-refractivity contribution is 0.494. The number of aryl methyl sites for hydroxylation is 2. The molecule has 10 heteroatoms.